The van der Waals surface area contributed by atoms with Crippen molar-refractivity contribution in [3.63, 3.8) is 0 Å². The number of fused-ring (bicyclic) bond motifs is 1. The van der Waals surface area contributed by atoms with Crippen molar-refractivity contribution in [3.05, 3.63) is 39.5 Å². The number of nitrogens with one attached hydrogen (secondary N) is 1. The van der Waals surface area contributed by atoms with Crippen LogP contribution in [-0.2, 0) is 11.3 Å². The predicted molar refractivity (Wildman–Crippen MR) is 91.9 cm³/mol. The van der Waals surface area contributed by atoms with Crippen LogP contribution in [0.15, 0.2) is 22.7 Å². The molecule has 0 saturated carbocycles. The lowest BCUT2D eigenvalue weighted by molar-refractivity contribution is -0.118. The smallest absolute Gasteiger partial charge is 0.230 e. The largest absolute Gasteiger partial charge is 0.350 e. The number of hydrogen-bond donors (Lipinski definition) is 1. The Bertz CT molecular complexity index is 855. The maximum Gasteiger partial charge on any atom is 0.230 e. The average Bonchev–Trinajstić information content (AvgIpc) is 3.09. The number of thioether (sulfide) groups is 1. The first-order valence-electron chi connectivity index (χ1n) is 7.16. The maximum atomic E-state index is 12.0. The summed E-state index contributed by atoms with van der Waals surface area (Å²) >= 11 is 3.02. The van der Waals surface area contributed by atoms with Crippen LogP contribution in [0.1, 0.15) is 22.0 Å². The highest BCUT2D eigenvalue weighted by Crippen LogP contribution is 2.19. The topological polar surface area (TPSA) is 72.2 Å². The van der Waals surface area contributed by atoms with Crippen LogP contribution in [0, 0.1) is 20.8 Å². The van der Waals surface area contributed by atoms with Gasteiger partial charge in [-0.05, 0) is 37.8 Å². The normalized spacial score (nSPS) is 11.1. The summed E-state index contributed by atoms with van der Waals surface area (Å²) in [6.45, 7) is 6.46. The van der Waals surface area contributed by atoms with Crippen molar-refractivity contribution in [2.24, 2.45) is 0 Å². The number of aromatic nitrogens is 4. The quantitative estimate of drug-likeness (QED) is 0.718. The molecule has 0 radical (unpaired) electrons. The average molecular weight is 347 g/mol. The van der Waals surface area contributed by atoms with Gasteiger partial charge < -0.3 is 5.32 Å². The van der Waals surface area contributed by atoms with Crippen LogP contribution in [0.2, 0.25) is 0 Å². The molecule has 0 aromatic carbocycles. The van der Waals surface area contributed by atoms with Crippen LogP contribution in [0.3, 0.4) is 0 Å². The third kappa shape index (κ3) is 3.53. The first-order chi connectivity index (χ1) is 11.0. The second-order valence-electron chi connectivity index (χ2n) is 5.21. The molecular weight excluding hydrogens is 330 g/mol. The van der Waals surface area contributed by atoms with E-state index in [-0.39, 0.29) is 5.91 Å². The molecule has 120 valence electrons. The van der Waals surface area contributed by atoms with E-state index in [4.69, 9.17) is 0 Å². The molecule has 1 N–H and O–H groups in total. The minimum absolute atomic E-state index is 0.0164. The van der Waals surface area contributed by atoms with Crippen LogP contribution in [-0.4, -0.2) is 31.2 Å². The molecule has 3 heterocycles. The number of hydrogen-bond acceptors (Lipinski definition) is 6. The first-order valence-corrected chi connectivity index (χ1v) is 9.03. The van der Waals surface area contributed by atoms with E-state index in [1.54, 1.807) is 11.3 Å². The van der Waals surface area contributed by atoms with Crippen molar-refractivity contribution in [1.29, 1.82) is 0 Å². The fraction of sp³-hybridized carbons (Fsp3) is 0.333. The number of nitrogens with zero attached hydrogens (tertiary/aromatic N) is 4. The van der Waals surface area contributed by atoms with E-state index in [2.05, 4.69) is 26.6 Å². The van der Waals surface area contributed by atoms with Crippen LogP contribution in [0.4, 0.5) is 0 Å². The standard InChI is InChI=1S/C15H17N5OS2/c1-9-4-5-22-12(9)7-16-14(21)8-23-15-19-18-13-6-10(2)17-11(3)20(13)15/h4-6H,7-8H2,1-3H3,(H,16,21). The Morgan fingerprint density at radius 3 is 2.91 bits per heavy atom. The van der Waals surface area contributed by atoms with E-state index in [0.717, 1.165) is 17.2 Å². The third-order valence-electron chi connectivity index (χ3n) is 3.40. The Hall–Kier alpha value is -1.93. The molecule has 0 saturated heterocycles. The van der Waals surface area contributed by atoms with E-state index in [0.29, 0.717) is 17.5 Å². The molecule has 0 atom stereocenters. The molecular formula is C15H17N5OS2. The third-order valence-corrected chi connectivity index (χ3v) is 5.36. The van der Waals surface area contributed by atoms with Crippen molar-refractivity contribution in [2.45, 2.75) is 32.5 Å². The van der Waals surface area contributed by atoms with Gasteiger partial charge in [-0.25, -0.2) is 4.98 Å². The number of amides is 1. The Labute approximate surface area is 142 Å². The second-order valence-corrected chi connectivity index (χ2v) is 7.16. The summed E-state index contributed by atoms with van der Waals surface area (Å²) < 4.78 is 1.87. The lowest BCUT2D eigenvalue weighted by Gasteiger charge is -2.05. The molecule has 1 amide bonds. The van der Waals surface area contributed by atoms with Crippen molar-refractivity contribution in [1.82, 2.24) is 24.9 Å². The highest BCUT2D eigenvalue weighted by molar-refractivity contribution is 7.99. The number of aryl methyl sites for hydroxylation is 3. The van der Waals surface area contributed by atoms with Crippen molar-refractivity contribution < 1.29 is 4.79 Å². The molecule has 0 aliphatic heterocycles. The summed E-state index contributed by atoms with van der Waals surface area (Å²) in [5.41, 5.74) is 2.87. The number of carbonyl (C=O) groups is 1. The maximum absolute atomic E-state index is 12.0. The molecule has 0 spiro atoms. The Morgan fingerprint density at radius 2 is 2.17 bits per heavy atom. The van der Waals surface area contributed by atoms with Crippen molar-refractivity contribution >= 4 is 34.7 Å². The van der Waals surface area contributed by atoms with Crippen LogP contribution in [0.25, 0.3) is 5.65 Å². The molecule has 0 bridgehead atoms. The molecule has 23 heavy (non-hydrogen) atoms. The van der Waals surface area contributed by atoms with Gasteiger partial charge in [-0.1, -0.05) is 11.8 Å². The molecule has 8 heteroatoms. The van der Waals surface area contributed by atoms with E-state index < -0.39 is 0 Å². The van der Waals surface area contributed by atoms with Crippen LogP contribution >= 0.6 is 23.1 Å². The first kappa shape index (κ1) is 15.9. The summed E-state index contributed by atoms with van der Waals surface area (Å²) in [6.07, 6.45) is 0. The fourth-order valence-corrected chi connectivity index (χ4v) is 3.90. The predicted octanol–water partition coefficient (Wildman–Crippen LogP) is 2.52. The molecule has 0 unspecified atom stereocenters. The van der Waals surface area contributed by atoms with Crippen LogP contribution < -0.4 is 5.32 Å². The summed E-state index contributed by atoms with van der Waals surface area (Å²) in [7, 11) is 0. The van der Waals surface area contributed by atoms with Gasteiger partial charge in [0.15, 0.2) is 10.8 Å². The van der Waals surface area contributed by atoms with Gasteiger partial charge in [0.1, 0.15) is 5.82 Å². The van der Waals surface area contributed by atoms with Gasteiger partial charge in [-0.3, -0.25) is 9.20 Å². The minimum Gasteiger partial charge on any atom is -0.350 e. The van der Waals surface area contributed by atoms with Gasteiger partial charge >= 0.3 is 0 Å². The lowest BCUT2D eigenvalue weighted by Crippen LogP contribution is -2.24. The second kappa shape index (κ2) is 6.67. The SMILES string of the molecule is Cc1cc2nnc(SCC(=O)NCc3sccc3C)n2c(C)n1. The molecule has 0 fully saturated rings. The van der Waals surface area contributed by atoms with E-state index in [1.807, 2.05) is 36.6 Å². The number of carbonyl (C=O) groups excluding carboxylic acids is 1. The molecule has 0 aliphatic rings. The van der Waals surface area contributed by atoms with E-state index in [1.165, 1.54) is 22.2 Å². The summed E-state index contributed by atoms with van der Waals surface area (Å²) in [6, 6.07) is 3.94. The zero-order valence-electron chi connectivity index (χ0n) is 13.2. The zero-order chi connectivity index (χ0) is 16.4. The highest BCUT2D eigenvalue weighted by Gasteiger charge is 2.12. The Balaban J connectivity index is 1.62. The summed E-state index contributed by atoms with van der Waals surface area (Å²) in [5.74, 6) is 1.11. The minimum atomic E-state index is -0.0164. The fourth-order valence-electron chi connectivity index (χ4n) is 2.24. The Morgan fingerprint density at radius 1 is 1.35 bits per heavy atom. The van der Waals surface area contributed by atoms with Gasteiger partial charge in [-0.2, -0.15) is 0 Å². The Kier molecular flexibility index (Phi) is 4.63. The molecule has 0 aliphatic carbocycles. The van der Waals surface area contributed by atoms with E-state index >= 15 is 0 Å². The van der Waals surface area contributed by atoms with Gasteiger partial charge in [0.05, 0.1) is 12.3 Å². The monoisotopic (exact) mass is 347 g/mol. The van der Waals surface area contributed by atoms with Crippen LogP contribution in [0.5, 0.6) is 0 Å². The van der Waals surface area contributed by atoms with E-state index in [9.17, 15) is 4.79 Å². The summed E-state index contributed by atoms with van der Waals surface area (Å²) in [4.78, 5) is 17.6. The summed E-state index contributed by atoms with van der Waals surface area (Å²) in [5, 5.41) is 13.9. The van der Waals surface area contributed by atoms with Crippen molar-refractivity contribution in [3.8, 4) is 0 Å². The molecule has 3 aromatic heterocycles. The van der Waals surface area contributed by atoms with Crippen molar-refractivity contribution in [2.75, 3.05) is 5.75 Å². The molecule has 3 rings (SSSR count). The zero-order valence-corrected chi connectivity index (χ0v) is 14.8. The molecule has 6 nitrogen and oxygen atoms in total. The van der Waals surface area contributed by atoms with Gasteiger partial charge in [0, 0.05) is 16.6 Å². The molecule has 3 aromatic rings. The van der Waals surface area contributed by atoms with Gasteiger partial charge in [0.2, 0.25) is 5.91 Å². The highest BCUT2D eigenvalue weighted by atomic mass is 32.2. The van der Waals surface area contributed by atoms with Gasteiger partial charge in [-0.15, -0.1) is 21.5 Å². The number of rotatable bonds is 5. The lowest BCUT2D eigenvalue weighted by atomic mass is 10.3. The van der Waals surface area contributed by atoms with Gasteiger partial charge in [0.25, 0.3) is 0 Å². The number of thiophene rings is 1.